The fourth-order valence-electron chi connectivity index (χ4n) is 3.03. The molecular formula is C13H28N2. The number of hydrogen-bond donors (Lipinski definition) is 1. The van der Waals surface area contributed by atoms with Crippen LogP contribution in [0, 0.1) is 5.92 Å². The molecule has 0 aromatic heterocycles. The van der Waals surface area contributed by atoms with Crippen LogP contribution in [0.15, 0.2) is 0 Å². The van der Waals surface area contributed by atoms with Crippen LogP contribution in [0.5, 0.6) is 0 Å². The molecule has 2 heteroatoms. The van der Waals surface area contributed by atoms with E-state index in [4.69, 9.17) is 5.73 Å². The van der Waals surface area contributed by atoms with Gasteiger partial charge in [-0.15, -0.1) is 0 Å². The van der Waals surface area contributed by atoms with E-state index >= 15 is 0 Å². The van der Waals surface area contributed by atoms with E-state index in [1.807, 2.05) is 0 Å². The summed E-state index contributed by atoms with van der Waals surface area (Å²) in [7, 11) is 0. The molecule has 0 aliphatic carbocycles. The first kappa shape index (κ1) is 13.0. The Morgan fingerprint density at radius 3 is 2.27 bits per heavy atom. The van der Waals surface area contributed by atoms with Crippen molar-refractivity contribution in [1.82, 2.24) is 4.90 Å². The minimum absolute atomic E-state index is 0.438. The van der Waals surface area contributed by atoms with Crippen LogP contribution < -0.4 is 5.73 Å². The molecule has 1 fully saturated rings. The Hall–Kier alpha value is -0.0800. The van der Waals surface area contributed by atoms with Gasteiger partial charge in [0, 0.05) is 12.1 Å². The van der Waals surface area contributed by atoms with Crippen molar-refractivity contribution >= 4 is 0 Å². The monoisotopic (exact) mass is 212 g/mol. The summed E-state index contributed by atoms with van der Waals surface area (Å²) in [6.45, 7) is 10.4. The van der Waals surface area contributed by atoms with Crippen molar-refractivity contribution in [2.24, 2.45) is 11.7 Å². The molecule has 1 atom stereocenters. The van der Waals surface area contributed by atoms with Gasteiger partial charge in [-0.05, 0) is 45.2 Å². The van der Waals surface area contributed by atoms with Crippen molar-refractivity contribution in [3.05, 3.63) is 0 Å². The third-order valence-electron chi connectivity index (χ3n) is 3.96. The molecule has 0 radical (unpaired) electrons. The molecule has 0 aromatic rings. The van der Waals surface area contributed by atoms with Crippen molar-refractivity contribution in [2.75, 3.05) is 19.6 Å². The molecule has 15 heavy (non-hydrogen) atoms. The molecule has 1 unspecified atom stereocenters. The third kappa shape index (κ3) is 3.18. The number of rotatable bonds is 6. The molecule has 90 valence electrons. The zero-order chi connectivity index (χ0) is 11.3. The maximum absolute atomic E-state index is 5.76. The van der Waals surface area contributed by atoms with Gasteiger partial charge in [0.15, 0.2) is 0 Å². The zero-order valence-electron chi connectivity index (χ0n) is 10.8. The van der Waals surface area contributed by atoms with Gasteiger partial charge < -0.3 is 5.73 Å². The fourth-order valence-corrected chi connectivity index (χ4v) is 3.03. The lowest BCUT2D eigenvalue weighted by Crippen LogP contribution is -2.45. The van der Waals surface area contributed by atoms with E-state index in [0.717, 1.165) is 12.5 Å². The maximum atomic E-state index is 5.76. The van der Waals surface area contributed by atoms with Crippen LogP contribution in [-0.4, -0.2) is 30.1 Å². The minimum atomic E-state index is 0.438. The average Bonchev–Trinajstić information content (AvgIpc) is 2.67. The Bertz CT molecular complexity index is 173. The lowest BCUT2D eigenvalue weighted by molar-refractivity contribution is 0.108. The van der Waals surface area contributed by atoms with Crippen LogP contribution >= 0.6 is 0 Å². The summed E-state index contributed by atoms with van der Waals surface area (Å²) in [5.74, 6) is 0.748. The SMILES string of the molecule is CCCC(C)(CCC)N1CCC(CN)C1. The van der Waals surface area contributed by atoms with Gasteiger partial charge >= 0.3 is 0 Å². The lowest BCUT2D eigenvalue weighted by Gasteiger charge is -2.39. The van der Waals surface area contributed by atoms with Crippen molar-refractivity contribution in [3.8, 4) is 0 Å². The largest absolute Gasteiger partial charge is 0.330 e. The highest BCUT2D eigenvalue weighted by atomic mass is 15.2. The molecule has 0 spiro atoms. The summed E-state index contributed by atoms with van der Waals surface area (Å²) >= 11 is 0. The fraction of sp³-hybridized carbons (Fsp3) is 1.00. The first-order chi connectivity index (χ1) is 7.16. The Balaban J connectivity index is 2.56. The second-order valence-corrected chi connectivity index (χ2v) is 5.33. The molecule has 0 saturated carbocycles. The first-order valence-corrected chi connectivity index (χ1v) is 6.61. The molecule has 1 rings (SSSR count). The highest BCUT2D eigenvalue weighted by molar-refractivity contribution is 4.90. The van der Waals surface area contributed by atoms with E-state index < -0.39 is 0 Å². The van der Waals surface area contributed by atoms with Crippen molar-refractivity contribution in [3.63, 3.8) is 0 Å². The summed E-state index contributed by atoms with van der Waals surface area (Å²) < 4.78 is 0. The van der Waals surface area contributed by atoms with E-state index in [0.29, 0.717) is 5.54 Å². The van der Waals surface area contributed by atoms with Gasteiger partial charge in [-0.2, -0.15) is 0 Å². The Morgan fingerprint density at radius 2 is 1.87 bits per heavy atom. The highest BCUT2D eigenvalue weighted by Crippen LogP contribution is 2.31. The molecule has 1 aliphatic heterocycles. The normalized spacial score (nSPS) is 23.6. The van der Waals surface area contributed by atoms with Gasteiger partial charge in [-0.3, -0.25) is 4.90 Å². The van der Waals surface area contributed by atoms with E-state index in [-0.39, 0.29) is 0 Å². The summed E-state index contributed by atoms with van der Waals surface area (Å²) in [6, 6.07) is 0. The smallest absolute Gasteiger partial charge is 0.0181 e. The molecule has 1 heterocycles. The number of nitrogens with zero attached hydrogens (tertiary/aromatic N) is 1. The van der Waals surface area contributed by atoms with Gasteiger partial charge in [0.05, 0.1) is 0 Å². The molecule has 0 bridgehead atoms. The van der Waals surface area contributed by atoms with Gasteiger partial charge in [-0.1, -0.05) is 26.7 Å². The van der Waals surface area contributed by atoms with E-state index in [1.54, 1.807) is 0 Å². The molecule has 0 amide bonds. The van der Waals surface area contributed by atoms with E-state index in [1.165, 1.54) is 45.2 Å². The van der Waals surface area contributed by atoms with Gasteiger partial charge in [0.1, 0.15) is 0 Å². The third-order valence-corrected chi connectivity index (χ3v) is 3.96. The number of nitrogens with two attached hydrogens (primary N) is 1. The molecule has 2 N–H and O–H groups in total. The summed E-state index contributed by atoms with van der Waals surface area (Å²) in [6.07, 6.45) is 6.55. The van der Waals surface area contributed by atoms with Crippen molar-refractivity contribution < 1.29 is 0 Å². The Labute approximate surface area is 95.2 Å². The minimum Gasteiger partial charge on any atom is -0.330 e. The van der Waals surface area contributed by atoms with Crippen LogP contribution in [0.25, 0.3) is 0 Å². The highest BCUT2D eigenvalue weighted by Gasteiger charge is 2.34. The summed E-state index contributed by atoms with van der Waals surface area (Å²) in [4.78, 5) is 2.69. The topological polar surface area (TPSA) is 29.3 Å². The second kappa shape index (κ2) is 5.86. The van der Waals surface area contributed by atoms with Gasteiger partial charge in [0.2, 0.25) is 0 Å². The van der Waals surface area contributed by atoms with Crippen molar-refractivity contribution in [2.45, 2.75) is 58.4 Å². The molecular weight excluding hydrogens is 184 g/mol. The van der Waals surface area contributed by atoms with Gasteiger partial charge in [0.25, 0.3) is 0 Å². The maximum Gasteiger partial charge on any atom is 0.0181 e. The standard InChI is InChI=1S/C13H28N2/c1-4-7-13(3,8-5-2)15-9-6-12(10-14)11-15/h12H,4-11,14H2,1-3H3. The first-order valence-electron chi connectivity index (χ1n) is 6.61. The molecule has 1 saturated heterocycles. The van der Waals surface area contributed by atoms with Crippen molar-refractivity contribution in [1.29, 1.82) is 0 Å². The van der Waals surface area contributed by atoms with Crippen LogP contribution in [-0.2, 0) is 0 Å². The van der Waals surface area contributed by atoms with E-state index in [9.17, 15) is 0 Å². The molecule has 0 aromatic carbocycles. The summed E-state index contributed by atoms with van der Waals surface area (Å²) in [5.41, 5.74) is 6.20. The van der Waals surface area contributed by atoms with Crippen LogP contribution in [0.3, 0.4) is 0 Å². The van der Waals surface area contributed by atoms with Gasteiger partial charge in [-0.25, -0.2) is 0 Å². The second-order valence-electron chi connectivity index (χ2n) is 5.33. The number of hydrogen-bond acceptors (Lipinski definition) is 2. The predicted molar refractivity (Wildman–Crippen MR) is 67.0 cm³/mol. The van der Waals surface area contributed by atoms with Crippen LogP contribution in [0.2, 0.25) is 0 Å². The summed E-state index contributed by atoms with van der Waals surface area (Å²) in [5, 5.41) is 0. The quantitative estimate of drug-likeness (QED) is 0.733. The Kier molecular flexibility index (Phi) is 5.07. The average molecular weight is 212 g/mol. The molecule has 1 aliphatic rings. The lowest BCUT2D eigenvalue weighted by atomic mass is 9.89. The van der Waals surface area contributed by atoms with E-state index in [2.05, 4.69) is 25.7 Å². The Morgan fingerprint density at radius 1 is 1.27 bits per heavy atom. The predicted octanol–water partition coefficient (Wildman–Crippen LogP) is 2.63. The van der Waals surface area contributed by atoms with Crippen LogP contribution in [0.1, 0.15) is 52.9 Å². The van der Waals surface area contributed by atoms with Crippen LogP contribution in [0.4, 0.5) is 0 Å². The zero-order valence-corrected chi connectivity index (χ0v) is 10.8. The molecule has 2 nitrogen and oxygen atoms in total. The number of likely N-dealkylation sites (tertiary alicyclic amines) is 1.